The van der Waals surface area contributed by atoms with Crippen molar-refractivity contribution in [2.45, 2.75) is 12.8 Å². The third-order valence-electron chi connectivity index (χ3n) is 1.50. The molecule has 60 valence electrons. The Kier molecular flexibility index (Phi) is 3.40. The van der Waals surface area contributed by atoms with Crippen LogP contribution in [0.4, 0.5) is 0 Å². The van der Waals surface area contributed by atoms with E-state index in [1.807, 2.05) is 6.08 Å². The van der Waals surface area contributed by atoms with Crippen molar-refractivity contribution < 1.29 is 5.11 Å². The molecular weight excluding hydrogens is 160 g/mol. The van der Waals surface area contributed by atoms with E-state index >= 15 is 0 Å². The number of hydrogen-bond donors (Lipinski definition) is 1. The van der Waals surface area contributed by atoms with Crippen LogP contribution >= 0.6 is 11.6 Å². The fourth-order valence-corrected chi connectivity index (χ4v) is 1.09. The molecule has 0 aromatic rings. The van der Waals surface area contributed by atoms with Gasteiger partial charge in [-0.05, 0) is 24.5 Å². The van der Waals surface area contributed by atoms with Gasteiger partial charge in [-0.2, -0.15) is 0 Å². The van der Waals surface area contributed by atoms with Gasteiger partial charge in [0.25, 0.3) is 0 Å². The number of aliphatic hydroxyl groups excluding tert-OH is 1. The predicted octanol–water partition coefficient (Wildman–Crippen LogP) is 2.38. The van der Waals surface area contributed by atoms with Crippen LogP contribution in [0.3, 0.4) is 0 Å². The fraction of sp³-hybridized carbons (Fsp3) is 0.333. The van der Waals surface area contributed by atoms with Crippen molar-refractivity contribution in [1.29, 1.82) is 0 Å². The Bertz CT molecular complexity index is 214. The van der Waals surface area contributed by atoms with Crippen LogP contribution in [-0.4, -0.2) is 11.7 Å². The summed E-state index contributed by atoms with van der Waals surface area (Å²) < 4.78 is 0. The minimum absolute atomic E-state index is 0.0767. The van der Waals surface area contributed by atoms with Gasteiger partial charge in [0.15, 0.2) is 0 Å². The number of allylic oxidation sites excluding steroid dienone is 5. The summed E-state index contributed by atoms with van der Waals surface area (Å²) >= 11 is 5.63. The van der Waals surface area contributed by atoms with Gasteiger partial charge in [-0.25, -0.2) is 0 Å². The Morgan fingerprint density at radius 1 is 1.64 bits per heavy atom. The minimum Gasteiger partial charge on any atom is -0.391 e. The molecule has 0 radical (unpaired) electrons. The molecule has 1 aliphatic carbocycles. The Balaban J connectivity index is 2.61. The highest BCUT2D eigenvalue weighted by molar-refractivity contribution is 6.29. The van der Waals surface area contributed by atoms with Gasteiger partial charge in [0, 0.05) is 5.03 Å². The lowest BCUT2D eigenvalue weighted by Gasteiger charge is -2.01. The Morgan fingerprint density at radius 3 is 3.00 bits per heavy atom. The van der Waals surface area contributed by atoms with Gasteiger partial charge in [-0.3, -0.25) is 0 Å². The summed E-state index contributed by atoms with van der Waals surface area (Å²) in [5, 5.41) is 9.10. The largest absolute Gasteiger partial charge is 0.391 e. The molecule has 0 aliphatic heterocycles. The normalized spacial score (nSPS) is 18.4. The third kappa shape index (κ3) is 2.91. The molecule has 1 N–H and O–H groups in total. The van der Waals surface area contributed by atoms with Gasteiger partial charge in [0.05, 0.1) is 6.61 Å². The molecule has 0 aromatic heterocycles. The monoisotopic (exact) mass is 170 g/mol. The smallest absolute Gasteiger partial charge is 0.0788 e. The average Bonchev–Trinajstić information content (AvgIpc) is 2.06. The Labute approximate surface area is 71.7 Å². The van der Waals surface area contributed by atoms with Crippen LogP contribution in [0, 0.1) is 0 Å². The predicted molar refractivity (Wildman–Crippen MR) is 47.5 cm³/mol. The maximum atomic E-state index is 8.61. The zero-order chi connectivity index (χ0) is 8.10. The molecular formula is C9H11ClO. The molecule has 0 atom stereocenters. The fourth-order valence-electron chi connectivity index (χ4n) is 0.967. The molecule has 0 saturated carbocycles. The summed E-state index contributed by atoms with van der Waals surface area (Å²) in [6, 6.07) is 0. The molecule has 11 heavy (non-hydrogen) atoms. The first-order chi connectivity index (χ1) is 5.33. The highest BCUT2D eigenvalue weighted by Crippen LogP contribution is 2.13. The van der Waals surface area contributed by atoms with Crippen molar-refractivity contribution in [2.24, 2.45) is 0 Å². The standard InChI is InChI=1S/C9H11ClO/c10-9(7-11)6-8-4-2-1-3-5-8/h2,4-6,11H,1,3,7H2/b9-6-. The van der Waals surface area contributed by atoms with Crippen molar-refractivity contribution in [1.82, 2.24) is 0 Å². The molecule has 0 heterocycles. The van der Waals surface area contributed by atoms with Crippen LogP contribution < -0.4 is 0 Å². The van der Waals surface area contributed by atoms with E-state index in [1.165, 1.54) is 0 Å². The molecule has 0 aromatic carbocycles. The van der Waals surface area contributed by atoms with Gasteiger partial charge in [0.2, 0.25) is 0 Å². The summed E-state index contributed by atoms with van der Waals surface area (Å²) in [5.41, 5.74) is 1.09. The second-order valence-corrected chi connectivity index (χ2v) is 2.92. The summed E-state index contributed by atoms with van der Waals surface area (Å²) in [6.45, 7) is -0.0767. The highest BCUT2D eigenvalue weighted by atomic mass is 35.5. The second kappa shape index (κ2) is 4.37. The van der Waals surface area contributed by atoms with Gasteiger partial charge in [0.1, 0.15) is 0 Å². The number of halogens is 1. The summed E-state index contributed by atoms with van der Waals surface area (Å²) in [7, 11) is 0. The number of rotatable bonds is 2. The summed E-state index contributed by atoms with van der Waals surface area (Å²) in [6.07, 6.45) is 10.2. The Hall–Kier alpha value is -0.530. The first-order valence-electron chi connectivity index (χ1n) is 3.66. The molecule has 0 unspecified atom stereocenters. The van der Waals surface area contributed by atoms with Crippen molar-refractivity contribution in [3.63, 3.8) is 0 Å². The van der Waals surface area contributed by atoms with Gasteiger partial charge >= 0.3 is 0 Å². The minimum atomic E-state index is -0.0767. The van der Waals surface area contributed by atoms with E-state index in [4.69, 9.17) is 16.7 Å². The quantitative estimate of drug-likeness (QED) is 0.675. The van der Waals surface area contributed by atoms with Crippen LogP contribution in [0.25, 0.3) is 0 Å². The summed E-state index contributed by atoms with van der Waals surface area (Å²) in [5.74, 6) is 0. The van der Waals surface area contributed by atoms with E-state index in [1.54, 1.807) is 6.08 Å². The lowest BCUT2D eigenvalue weighted by molar-refractivity contribution is 0.338. The third-order valence-corrected chi connectivity index (χ3v) is 1.73. The maximum absolute atomic E-state index is 8.61. The average molecular weight is 171 g/mol. The molecule has 1 aliphatic rings. The Morgan fingerprint density at radius 2 is 2.45 bits per heavy atom. The van der Waals surface area contributed by atoms with E-state index in [0.29, 0.717) is 5.03 Å². The van der Waals surface area contributed by atoms with E-state index in [9.17, 15) is 0 Å². The second-order valence-electron chi connectivity index (χ2n) is 2.43. The van der Waals surface area contributed by atoms with E-state index in [2.05, 4.69) is 12.2 Å². The SMILES string of the molecule is OC/C(Cl)=C/C1=CCCC=C1. The van der Waals surface area contributed by atoms with Crippen LogP contribution in [0.15, 0.2) is 34.9 Å². The van der Waals surface area contributed by atoms with Gasteiger partial charge in [-0.15, -0.1) is 0 Å². The molecule has 1 nitrogen and oxygen atoms in total. The number of hydrogen-bond acceptors (Lipinski definition) is 1. The zero-order valence-corrected chi connectivity index (χ0v) is 7.01. The topological polar surface area (TPSA) is 20.2 Å². The van der Waals surface area contributed by atoms with Crippen molar-refractivity contribution in [3.8, 4) is 0 Å². The summed E-state index contributed by atoms with van der Waals surface area (Å²) in [4.78, 5) is 0. The molecule has 0 fully saturated rings. The van der Waals surface area contributed by atoms with E-state index < -0.39 is 0 Å². The van der Waals surface area contributed by atoms with Crippen LogP contribution in [0.1, 0.15) is 12.8 Å². The molecule has 2 heteroatoms. The molecule has 0 spiro atoms. The zero-order valence-electron chi connectivity index (χ0n) is 6.26. The first-order valence-corrected chi connectivity index (χ1v) is 4.04. The van der Waals surface area contributed by atoms with E-state index in [0.717, 1.165) is 18.4 Å². The lowest BCUT2D eigenvalue weighted by atomic mass is 10.1. The molecule has 0 bridgehead atoms. The number of aliphatic hydroxyl groups is 1. The van der Waals surface area contributed by atoms with Gasteiger partial charge in [-0.1, -0.05) is 29.8 Å². The molecule has 1 rings (SSSR count). The van der Waals surface area contributed by atoms with Crippen molar-refractivity contribution in [3.05, 3.63) is 34.9 Å². The first kappa shape index (κ1) is 8.57. The lowest BCUT2D eigenvalue weighted by Crippen LogP contribution is -1.85. The van der Waals surface area contributed by atoms with Crippen LogP contribution in [-0.2, 0) is 0 Å². The molecule has 0 saturated heterocycles. The molecule has 0 amide bonds. The van der Waals surface area contributed by atoms with Gasteiger partial charge < -0.3 is 5.11 Å². The van der Waals surface area contributed by atoms with Crippen LogP contribution in [0.2, 0.25) is 0 Å². The van der Waals surface area contributed by atoms with Crippen molar-refractivity contribution in [2.75, 3.05) is 6.61 Å². The highest BCUT2D eigenvalue weighted by Gasteiger charge is 1.94. The maximum Gasteiger partial charge on any atom is 0.0788 e. The van der Waals surface area contributed by atoms with Crippen molar-refractivity contribution >= 4 is 11.6 Å². The van der Waals surface area contributed by atoms with E-state index in [-0.39, 0.29) is 6.61 Å². The van der Waals surface area contributed by atoms with Crippen LogP contribution in [0.5, 0.6) is 0 Å².